The van der Waals surface area contributed by atoms with E-state index in [4.69, 9.17) is 4.74 Å². The molecule has 0 spiro atoms. The molecule has 100 valence electrons. The number of allylic oxidation sites excluding steroid dienone is 1. The SMILES string of the molecule is C/C=C\c1cc(C(C)(C)C)cc(C(C)C)c1OC. The van der Waals surface area contributed by atoms with E-state index in [1.165, 1.54) is 16.7 Å². The standard InChI is InChI=1S/C17H26O/c1-8-9-13-10-14(17(4,5)6)11-15(12(2)3)16(13)18-7/h8-12H,1-7H3/b9-8-. The minimum Gasteiger partial charge on any atom is -0.496 e. The molecule has 1 aromatic rings. The first-order valence-corrected chi connectivity index (χ1v) is 6.66. The van der Waals surface area contributed by atoms with Crippen LogP contribution < -0.4 is 4.74 Å². The van der Waals surface area contributed by atoms with Crippen molar-refractivity contribution in [1.29, 1.82) is 0 Å². The molecule has 0 amide bonds. The minimum absolute atomic E-state index is 0.159. The van der Waals surface area contributed by atoms with E-state index in [2.05, 4.69) is 58.9 Å². The fourth-order valence-electron chi connectivity index (χ4n) is 2.08. The lowest BCUT2D eigenvalue weighted by molar-refractivity contribution is 0.405. The maximum atomic E-state index is 5.61. The molecule has 0 bridgehead atoms. The van der Waals surface area contributed by atoms with Gasteiger partial charge in [-0.25, -0.2) is 0 Å². The summed E-state index contributed by atoms with van der Waals surface area (Å²) < 4.78 is 5.61. The summed E-state index contributed by atoms with van der Waals surface area (Å²) in [5.41, 5.74) is 3.99. The third kappa shape index (κ3) is 3.16. The Morgan fingerprint density at radius 3 is 2.17 bits per heavy atom. The molecule has 0 atom stereocenters. The third-order valence-corrected chi connectivity index (χ3v) is 3.18. The summed E-state index contributed by atoms with van der Waals surface area (Å²) in [6.45, 7) is 13.2. The number of ether oxygens (including phenoxy) is 1. The van der Waals surface area contributed by atoms with Gasteiger partial charge in [0, 0.05) is 5.56 Å². The zero-order valence-electron chi connectivity index (χ0n) is 12.8. The predicted octanol–water partition coefficient (Wildman–Crippen LogP) is 5.15. The predicted molar refractivity (Wildman–Crippen MR) is 80.5 cm³/mol. The van der Waals surface area contributed by atoms with E-state index in [1.807, 2.05) is 6.92 Å². The highest BCUT2D eigenvalue weighted by Gasteiger charge is 2.19. The molecule has 0 aliphatic rings. The summed E-state index contributed by atoms with van der Waals surface area (Å²) in [6, 6.07) is 4.53. The molecule has 0 saturated carbocycles. The van der Waals surface area contributed by atoms with E-state index in [9.17, 15) is 0 Å². The molecule has 0 unspecified atom stereocenters. The van der Waals surface area contributed by atoms with Gasteiger partial charge in [0.2, 0.25) is 0 Å². The molecule has 0 aromatic heterocycles. The molecule has 0 aliphatic heterocycles. The van der Waals surface area contributed by atoms with Crippen molar-refractivity contribution < 1.29 is 4.74 Å². The molecular formula is C17H26O. The van der Waals surface area contributed by atoms with Crippen molar-refractivity contribution in [3.05, 3.63) is 34.9 Å². The smallest absolute Gasteiger partial charge is 0.129 e. The highest BCUT2D eigenvalue weighted by Crippen LogP contribution is 2.36. The highest BCUT2D eigenvalue weighted by molar-refractivity contribution is 5.62. The lowest BCUT2D eigenvalue weighted by Crippen LogP contribution is -2.13. The van der Waals surface area contributed by atoms with Gasteiger partial charge in [0.15, 0.2) is 0 Å². The Morgan fingerprint density at radius 1 is 1.17 bits per heavy atom. The molecule has 0 N–H and O–H groups in total. The molecule has 1 nitrogen and oxygen atoms in total. The van der Waals surface area contributed by atoms with Gasteiger partial charge in [-0.2, -0.15) is 0 Å². The van der Waals surface area contributed by atoms with Crippen LogP contribution in [-0.4, -0.2) is 7.11 Å². The first-order chi connectivity index (χ1) is 8.31. The van der Waals surface area contributed by atoms with E-state index in [-0.39, 0.29) is 5.41 Å². The van der Waals surface area contributed by atoms with Crippen molar-refractivity contribution in [3.63, 3.8) is 0 Å². The number of benzene rings is 1. The minimum atomic E-state index is 0.159. The Labute approximate surface area is 112 Å². The highest BCUT2D eigenvalue weighted by atomic mass is 16.5. The van der Waals surface area contributed by atoms with Crippen LogP contribution in [0.4, 0.5) is 0 Å². The first-order valence-electron chi connectivity index (χ1n) is 6.66. The van der Waals surface area contributed by atoms with Gasteiger partial charge in [-0.05, 0) is 35.4 Å². The van der Waals surface area contributed by atoms with Crippen molar-refractivity contribution in [2.45, 2.75) is 52.9 Å². The Hall–Kier alpha value is -1.24. The largest absolute Gasteiger partial charge is 0.496 e. The van der Waals surface area contributed by atoms with Crippen LogP contribution in [0.5, 0.6) is 5.75 Å². The Balaban J connectivity index is 3.54. The molecule has 0 saturated heterocycles. The summed E-state index contributed by atoms with van der Waals surface area (Å²) in [6.07, 6.45) is 4.19. The lowest BCUT2D eigenvalue weighted by Gasteiger charge is -2.24. The van der Waals surface area contributed by atoms with Crippen molar-refractivity contribution in [2.75, 3.05) is 7.11 Å². The van der Waals surface area contributed by atoms with Crippen LogP contribution >= 0.6 is 0 Å². The van der Waals surface area contributed by atoms with Crippen LogP contribution in [-0.2, 0) is 5.41 Å². The quantitative estimate of drug-likeness (QED) is 0.716. The van der Waals surface area contributed by atoms with E-state index in [0.29, 0.717) is 5.92 Å². The van der Waals surface area contributed by atoms with Gasteiger partial charge in [-0.3, -0.25) is 0 Å². The molecular weight excluding hydrogens is 220 g/mol. The molecule has 0 heterocycles. The fourth-order valence-corrected chi connectivity index (χ4v) is 2.08. The second-order valence-corrected chi connectivity index (χ2v) is 6.09. The zero-order valence-corrected chi connectivity index (χ0v) is 12.8. The van der Waals surface area contributed by atoms with Crippen molar-refractivity contribution in [1.82, 2.24) is 0 Å². The maximum Gasteiger partial charge on any atom is 0.129 e. The number of hydrogen-bond donors (Lipinski definition) is 0. The van der Waals surface area contributed by atoms with Crippen LogP contribution in [0.25, 0.3) is 6.08 Å². The Morgan fingerprint density at radius 2 is 1.78 bits per heavy atom. The van der Waals surface area contributed by atoms with Crippen LogP contribution in [0.15, 0.2) is 18.2 Å². The van der Waals surface area contributed by atoms with Crippen LogP contribution in [0.1, 0.15) is 64.2 Å². The topological polar surface area (TPSA) is 9.23 Å². The second kappa shape index (κ2) is 5.60. The second-order valence-electron chi connectivity index (χ2n) is 6.09. The summed E-state index contributed by atoms with van der Waals surface area (Å²) in [4.78, 5) is 0. The fraction of sp³-hybridized carbons (Fsp3) is 0.529. The number of rotatable bonds is 3. The van der Waals surface area contributed by atoms with E-state index in [1.54, 1.807) is 7.11 Å². The maximum absolute atomic E-state index is 5.61. The van der Waals surface area contributed by atoms with Gasteiger partial charge in [-0.15, -0.1) is 0 Å². The van der Waals surface area contributed by atoms with Gasteiger partial charge in [-0.1, -0.05) is 52.8 Å². The van der Waals surface area contributed by atoms with Gasteiger partial charge in [0.05, 0.1) is 7.11 Å². The van der Waals surface area contributed by atoms with Crippen LogP contribution in [0, 0.1) is 0 Å². The Kier molecular flexibility index (Phi) is 4.61. The molecule has 1 heteroatoms. The number of hydrogen-bond acceptors (Lipinski definition) is 1. The summed E-state index contributed by atoms with van der Waals surface area (Å²) in [5, 5.41) is 0. The third-order valence-electron chi connectivity index (χ3n) is 3.18. The summed E-state index contributed by atoms with van der Waals surface area (Å²) in [5.74, 6) is 1.47. The molecule has 0 fully saturated rings. The number of methoxy groups -OCH3 is 1. The Bertz CT molecular complexity index is 434. The van der Waals surface area contributed by atoms with E-state index in [0.717, 1.165) is 5.75 Å². The van der Waals surface area contributed by atoms with E-state index < -0.39 is 0 Å². The molecule has 1 aromatic carbocycles. The molecule has 0 radical (unpaired) electrons. The molecule has 1 rings (SSSR count). The van der Waals surface area contributed by atoms with E-state index >= 15 is 0 Å². The average Bonchev–Trinajstić information content (AvgIpc) is 2.27. The van der Waals surface area contributed by atoms with Gasteiger partial charge in [0.1, 0.15) is 5.75 Å². The zero-order chi connectivity index (χ0) is 13.9. The van der Waals surface area contributed by atoms with Gasteiger partial charge in [0.25, 0.3) is 0 Å². The lowest BCUT2D eigenvalue weighted by atomic mass is 9.83. The van der Waals surface area contributed by atoms with Crippen LogP contribution in [0.3, 0.4) is 0 Å². The monoisotopic (exact) mass is 246 g/mol. The first kappa shape index (κ1) is 14.8. The summed E-state index contributed by atoms with van der Waals surface area (Å²) >= 11 is 0. The molecule has 18 heavy (non-hydrogen) atoms. The van der Waals surface area contributed by atoms with Gasteiger partial charge < -0.3 is 4.74 Å². The van der Waals surface area contributed by atoms with Crippen molar-refractivity contribution >= 4 is 6.08 Å². The van der Waals surface area contributed by atoms with Gasteiger partial charge >= 0.3 is 0 Å². The molecule has 0 aliphatic carbocycles. The van der Waals surface area contributed by atoms with Crippen molar-refractivity contribution in [2.24, 2.45) is 0 Å². The summed E-state index contributed by atoms with van der Waals surface area (Å²) in [7, 11) is 1.75. The normalized spacial score (nSPS) is 12.4. The van der Waals surface area contributed by atoms with Crippen molar-refractivity contribution in [3.8, 4) is 5.75 Å². The average molecular weight is 246 g/mol. The van der Waals surface area contributed by atoms with Crippen LogP contribution in [0.2, 0.25) is 0 Å².